The van der Waals surface area contributed by atoms with Gasteiger partial charge in [-0.05, 0) is 31.4 Å². The van der Waals surface area contributed by atoms with E-state index >= 15 is 0 Å². The van der Waals surface area contributed by atoms with Crippen molar-refractivity contribution in [2.24, 2.45) is 5.92 Å². The van der Waals surface area contributed by atoms with E-state index in [9.17, 15) is 22.8 Å². The van der Waals surface area contributed by atoms with Crippen LogP contribution in [0.3, 0.4) is 0 Å². The van der Waals surface area contributed by atoms with Gasteiger partial charge in [0.2, 0.25) is 0 Å². The third-order valence-corrected chi connectivity index (χ3v) is 6.96. The Hall–Kier alpha value is -1.61. The summed E-state index contributed by atoms with van der Waals surface area (Å²) >= 11 is 6.54. The van der Waals surface area contributed by atoms with Crippen molar-refractivity contribution in [1.29, 1.82) is 0 Å². The van der Waals surface area contributed by atoms with Gasteiger partial charge in [-0.3, -0.25) is 14.4 Å². The van der Waals surface area contributed by atoms with Gasteiger partial charge >= 0.3 is 0 Å². The van der Waals surface area contributed by atoms with E-state index in [-0.39, 0.29) is 33.9 Å². The fourth-order valence-electron chi connectivity index (χ4n) is 4.00. The highest BCUT2D eigenvalue weighted by Gasteiger charge is 2.40. The fraction of sp³-hybridized carbons (Fsp3) is 0.550. The molecule has 9 heteroatoms. The van der Waals surface area contributed by atoms with E-state index in [0.717, 1.165) is 12.7 Å². The first-order chi connectivity index (χ1) is 13.7. The number of benzene rings is 1. The molecule has 2 unspecified atom stereocenters. The van der Waals surface area contributed by atoms with E-state index in [1.807, 2.05) is 0 Å². The van der Waals surface area contributed by atoms with Gasteiger partial charge in [0.25, 0.3) is 0 Å². The molecule has 2 atom stereocenters. The van der Waals surface area contributed by atoms with Crippen molar-refractivity contribution in [3.63, 3.8) is 0 Å². The van der Waals surface area contributed by atoms with Crippen LogP contribution in [0.5, 0.6) is 0 Å². The molecule has 0 spiro atoms. The van der Waals surface area contributed by atoms with Crippen LogP contribution in [0.1, 0.15) is 54.1 Å². The van der Waals surface area contributed by atoms with E-state index in [2.05, 4.69) is 0 Å². The quantitative estimate of drug-likeness (QED) is 0.492. The molecule has 1 saturated heterocycles. The van der Waals surface area contributed by atoms with E-state index in [0.29, 0.717) is 19.4 Å². The average molecular weight is 443 g/mol. The Labute approximate surface area is 174 Å². The predicted molar refractivity (Wildman–Crippen MR) is 105 cm³/mol. The molecule has 1 aliphatic heterocycles. The minimum atomic E-state index is -3.69. The third-order valence-electron chi connectivity index (χ3n) is 5.40. The lowest BCUT2D eigenvalue weighted by Gasteiger charge is -2.26. The molecule has 0 N–H and O–H groups in total. The van der Waals surface area contributed by atoms with Crippen molar-refractivity contribution in [1.82, 2.24) is 0 Å². The Morgan fingerprint density at radius 3 is 2.38 bits per heavy atom. The molecule has 0 radical (unpaired) electrons. The number of rotatable bonds is 6. The molecular weight excluding hydrogens is 420 g/mol. The van der Waals surface area contributed by atoms with Crippen LogP contribution in [-0.2, 0) is 28.9 Å². The van der Waals surface area contributed by atoms with Crippen molar-refractivity contribution in [3.05, 3.63) is 28.3 Å². The molecule has 3 rings (SSSR count). The second kappa shape index (κ2) is 8.63. The molecule has 29 heavy (non-hydrogen) atoms. The molecule has 1 saturated carbocycles. The number of methoxy groups -OCH3 is 1. The van der Waals surface area contributed by atoms with Gasteiger partial charge in [-0.15, -0.1) is 0 Å². The van der Waals surface area contributed by atoms with Gasteiger partial charge in [0.1, 0.15) is 12.0 Å². The molecule has 0 aromatic heterocycles. The minimum Gasteiger partial charge on any atom is -0.375 e. The van der Waals surface area contributed by atoms with Crippen LogP contribution >= 0.6 is 11.6 Å². The van der Waals surface area contributed by atoms with Gasteiger partial charge in [0.15, 0.2) is 27.2 Å². The number of ketones is 3. The largest absolute Gasteiger partial charge is 0.375 e. The number of Topliss-reactive ketones (excluding diaryl/α,β-unsaturated/α-hetero) is 3. The first-order valence-corrected chi connectivity index (χ1v) is 11.7. The standard InChI is InChI=1S/C20H23ClO7S/c1-27-20(14-7-4-10-28-14)17-15(29(2,25)26)9-8-11(18(17)21)19(24)16-12(22)5-3-6-13(16)23/h8-9,14,16,20H,3-7,10H2,1-2H3. The number of hydrogen-bond donors (Lipinski definition) is 0. The number of halogens is 1. The SMILES string of the molecule is COC(c1c(S(C)(=O)=O)ccc(C(=O)C2C(=O)CCCC2=O)c1Cl)C1CCCO1. The van der Waals surface area contributed by atoms with Crippen molar-refractivity contribution in [3.8, 4) is 0 Å². The first-order valence-electron chi connectivity index (χ1n) is 9.43. The second-order valence-corrected chi connectivity index (χ2v) is 9.76. The number of hydrogen-bond acceptors (Lipinski definition) is 7. The van der Waals surface area contributed by atoms with E-state index in [1.54, 1.807) is 0 Å². The molecule has 0 bridgehead atoms. The van der Waals surface area contributed by atoms with E-state index < -0.39 is 45.3 Å². The number of sulfone groups is 1. The Balaban J connectivity index is 2.14. The van der Waals surface area contributed by atoms with Crippen LogP contribution in [-0.4, -0.2) is 51.8 Å². The van der Waals surface area contributed by atoms with Crippen molar-refractivity contribution in [2.75, 3.05) is 20.0 Å². The number of carbonyl (C=O) groups excluding carboxylic acids is 3. The maximum Gasteiger partial charge on any atom is 0.182 e. The zero-order valence-corrected chi connectivity index (χ0v) is 17.8. The van der Waals surface area contributed by atoms with E-state index in [1.165, 1.54) is 19.2 Å². The van der Waals surface area contributed by atoms with Crippen LogP contribution in [0.2, 0.25) is 5.02 Å². The van der Waals surface area contributed by atoms with Gasteiger partial charge in [-0.2, -0.15) is 0 Å². The summed E-state index contributed by atoms with van der Waals surface area (Å²) in [6.07, 6.45) is 2.00. The smallest absolute Gasteiger partial charge is 0.182 e. The summed E-state index contributed by atoms with van der Waals surface area (Å²) in [7, 11) is -2.28. The highest BCUT2D eigenvalue weighted by Crippen LogP contribution is 2.40. The normalized spacial score (nSPS) is 22.1. The summed E-state index contributed by atoms with van der Waals surface area (Å²) in [5, 5.41) is -0.119. The molecular formula is C20H23ClO7S. The average Bonchev–Trinajstić information content (AvgIpc) is 3.16. The lowest BCUT2D eigenvalue weighted by Crippen LogP contribution is -2.35. The molecule has 1 heterocycles. The Kier molecular flexibility index (Phi) is 6.57. The van der Waals surface area contributed by atoms with E-state index in [4.69, 9.17) is 21.1 Å². The molecule has 7 nitrogen and oxygen atoms in total. The van der Waals surface area contributed by atoms with Gasteiger partial charge in [-0.25, -0.2) is 8.42 Å². The fourth-order valence-corrected chi connectivity index (χ4v) is 5.36. The summed E-state index contributed by atoms with van der Waals surface area (Å²) in [6.45, 7) is 0.514. The monoisotopic (exact) mass is 442 g/mol. The molecule has 1 aromatic carbocycles. The lowest BCUT2D eigenvalue weighted by atomic mass is 9.81. The third kappa shape index (κ3) is 4.30. The number of carbonyl (C=O) groups is 3. The van der Waals surface area contributed by atoms with Crippen LogP contribution < -0.4 is 0 Å². The Morgan fingerprint density at radius 2 is 1.86 bits per heavy atom. The summed E-state index contributed by atoms with van der Waals surface area (Å²) in [4.78, 5) is 37.4. The molecule has 1 aliphatic carbocycles. The van der Waals surface area contributed by atoms with Gasteiger partial charge in [-0.1, -0.05) is 11.6 Å². The molecule has 2 fully saturated rings. The van der Waals surface area contributed by atoms with Gasteiger partial charge in [0.05, 0.1) is 16.0 Å². The molecule has 0 amide bonds. The first kappa shape index (κ1) is 22.1. The van der Waals surface area contributed by atoms with Crippen molar-refractivity contribution in [2.45, 2.75) is 49.2 Å². The van der Waals surface area contributed by atoms with Gasteiger partial charge in [0, 0.05) is 43.9 Å². The molecule has 2 aliphatic rings. The Morgan fingerprint density at radius 1 is 1.21 bits per heavy atom. The minimum absolute atomic E-state index is 0.0530. The van der Waals surface area contributed by atoms with Crippen LogP contribution in [0.15, 0.2) is 17.0 Å². The lowest BCUT2D eigenvalue weighted by molar-refractivity contribution is -0.133. The van der Waals surface area contributed by atoms with Crippen LogP contribution in [0.4, 0.5) is 0 Å². The maximum absolute atomic E-state index is 13.0. The summed E-state index contributed by atoms with van der Waals surface area (Å²) < 4.78 is 36.0. The zero-order valence-electron chi connectivity index (χ0n) is 16.3. The van der Waals surface area contributed by atoms with Gasteiger partial charge < -0.3 is 9.47 Å². The van der Waals surface area contributed by atoms with Crippen molar-refractivity contribution < 1.29 is 32.3 Å². The molecule has 1 aromatic rings. The molecule has 158 valence electrons. The maximum atomic E-state index is 13.0. The van der Waals surface area contributed by atoms with Crippen molar-refractivity contribution >= 4 is 38.8 Å². The highest BCUT2D eigenvalue weighted by molar-refractivity contribution is 7.90. The van der Waals surface area contributed by atoms with Crippen LogP contribution in [0, 0.1) is 5.92 Å². The Bertz CT molecular complexity index is 932. The predicted octanol–water partition coefficient (Wildman–Crippen LogP) is 2.73. The number of ether oxygens (including phenoxy) is 2. The topological polar surface area (TPSA) is 104 Å². The zero-order chi connectivity index (χ0) is 21.3. The summed E-state index contributed by atoms with van der Waals surface area (Å²) in [6, 6.07) is 2.55. The summed E-state index contributed by atoms with van der Waals surface area (Å²) in [5.41, 5.74) is 0.0767. The summed E-state index contributed by atoms with van der Waals surface area (Å²) in [5.74, 6) is -2.95. The van der Waals surface area contributed by atoms with Crippen LogP contribution in [0.25, 0.3) is 0 Å². The second-order valence-electron chi connectivity index (χ2n) is 7.40. The highest BCUT2D eigenvalue weighted by atomic mass is 35.5.